The van der Waals surface area contributed by atoms with E-state index in [1.807, 2.05) is 6.07 Å². The largest absolute Gasteiger partial charge is 0.492 e. The SMILES string of the molecule is CCCN(CCC)c1c(C)nc(-c2cccc(OCCN(C)C)c2)c2ccccc12. The number of pyridine rings is 1. The molecule has 0 radical (unpaired) electrons. The topological polar surface area (TPSA) is 28.6 Å². The highest BCUT2D eigenvalue weighted by Crippen LogP contribution is 2.36. The average molecular weight is 406 g/mol. The minimum Gasteiger partial charge on any atom is -0.492 e. The highest BCUT2D eigenvalue weighted by molar-refractivity contribution is 6.03. The quantitative estimate of drug-likeness (QED) is 0.428. The van der Waals surface area contributed by atoms with E-state index in [4.69, 9.17) is 9.72 Å². The van der Waals surface area contributed by atoms with Crippen LogP contribution in [0, 0.1) is 6.92 Å². The van der Waals surface area contributed by atoms with Gasteiger partial charge in [0.1, 0.15) is 12.4 Å². The van der Waals surface area contributed by atoms with Crippen molar-refractivity contribution in [3.63, 3.8) is 0 Å². The van der Waals surface area contributed by atoms with Crippen molar-refractivity contribution in [3.05, 3.63) is 54.2 Å². The molecule has 160 valence electrons. The third-order valence-corrected chi connectivity index (χ3v) is 5.28. The van der Waals surface area contributed by atoms with Crippen LogP contribution in [0.25, 0.3) is 22.0 Å². The maximum Gasteiger partial charge on any atom is 0.120 e. The molecule has 2 aromatic carbocycles. The number of likely N-dealkylation sites (N-methyl/N-ethyl adjacent to an activating group) is 1. The van der Waals surface area contributed by atoms with Gasteiger partial charge >= 0.3 is 0 Å². The van der Waals surface area contributed by atoms with Crippen molar-refractivity contribution >= 4 is 16.5 Å². The van der Waals surface area contributed by atoms with E-state index in [2.05, 4.69) is 87.1 Å². The fourth-order valence-corrected chi connectivity index (χ4v) is 3.95. The van der Waals surface area contributed by atoms with E-state index in [9.17, 15) is 0 Å². The molecule has 0 fully saturated rings. The summed E-state index contributed by atoms with van der Waals surface area (Å²) in [5.41, 5.74) is 4.49. The summed E-state index contributed by atoms with van der Waals surface area (Å²) in [5.74, 6) is 0.889. The molecule has 0 aliphatic carbocycles. The molecule has 0 aliphatic heterocycles. The highest BCUT2D eigenvalue weighted by atomic mass is 16.5. The van der Waals surface area contributed by atoms with Gasteiger partial charge in [0.15, 0.2) is 0 Å². The smallest absolute Gasteiger partial charge is 0.120 e. The molecular formula is C26H35N3O. The summed E-state index contributed by atoms with van der Waals surface area (Å²) < 4.78 is 5.97. The third kappa shape index (κ3) is 5.11. The number of aromatic nitrogens is 1. The van der Waals surface area contributed by atoms with Gasteiger partial charge in [-0.2, -0.15) is 0 Å². The minimum absolute atomic E-state index is 0.672. The Labute approximate surface area is 181 Å². The van der Waals surface area contributed by atoms with Gasteiger partial charge in [-0.25, -0.2) is 0 Å². The number of rotatable bonds is 10. The van der Waals surface area contributed by atoms with Gasteiger partial charge < -0.3 is 14.5 Å². The molecule has 0 amide bonds. The number of ether oxygens (including phenoxy) is 1. The molecule has 3 aromatic rings. The predicted octanol–water partition coefficient (Wildman–Crippen LogP) is 5.78. The first-order valence-electron chi connectivity index (χ1n) is 11.1. The molecule has 30 heavy (non-hydrogen) atoms. The van der Waals surface area contributed by atoms with Gasteiger partial charge in [0.05, 0.1) is 17.1 Å². The summed E-state index contributed by atoms with van der Waals surface area (Å²) in [7, 11) is 4.11. The van der Waals surface area contributed by atoms with E-state index in [1.54, 1.807) is 0 Å². The maximum atomic E-state index is 5.97. The molecule has 0 saturated carbocycles. The van der Waals surface area contributed by atoms with E-state index in [0.717, 1.165) is 55.2 Å². The number of fused-ring (bicyclic) bond motifs is 1. The Morgan fingerprint density at radius 1 is 0.867 bits per heavy atom. The number of anilines is 1. The number of hydrogen-bond donors (Lipinski definition) is 0. The van der Waals surface area contributed by atoms with E-state index >= 15 is 0 Å². The normalized spacial score (nSPS) is 11.3. The van der Waals surface area contributed by atoms with Gasteiger partial charge in [-0.1, -0.05) is 50.2 Å². The first-order chi connectivity index (χ1) is 14.5. The zero-order valence-electron chi connectivity index (χ0n) is 19.1. The molecule has 0 saturated heterocycles. The second kappa shape index (κ2) is 10.4. The molecule has 4 nitrogen and oxygen atoms in total. The van der Waals surface area contributed by atoms with Crippen molar-refractivity contribution in [2.45, 2.75) is 33.6 Å². The van der Waals surface area contributed by atoms with Crippen molar-refractivity contribution in [3.8, 4) is 17.0 Å². The van der Waals surface area contributed by atoms with E-state index in [1.165, 1.54) is 16.5 Å². The number of aryl methyl sites for hydroxylation is 1. The molecule has 0 spiro atoms. The van der Waals surface area contributed by atoms with Gasteiger partial charge in [0.25, 0.3) is 0 Å². The Hall–Kier alpha value is -2.59. The van der Waals surface area contributed by atoms with Crippen molar-refractivity contribution in [2.24, 2.45) is 0 Å². The van der Waals surface area contributed by atoms with Crippen LogP contribution in [-0.2, 0) is 0 Å². The summed E-state index contributed by atoms with van der Waals surface area (Å²) in [4.78, 5) is 9.72. The van der Waals surface area contributed by atoms with E-state index in [0.29, 0.717) is 6.61 Å². The van der Waals surface area contributed by atoms with Crippen LogP contribution in [-0.4, -0.2) is 50.2 Å². The van der Waals surface area contributed by atoms with Gasteiger partial charge in [0, 0.05) is 36.0 Å². The lowest BCUT2D eigenvalue weighted by molar-refractivity contribution is 0.261. The average Bonchev–Trinajstić information content (AvgIpc) is 2.73. The summed E-state index contributed by atoms with van der Waals surface area (Å²) in [6.07, 6.45) is 2.25. The van der Waals surface area contributed by atoms with Crippen LogP contribution in [0.4, 0.5) is 5.69 Å². The Morgan fingerprint density at radius 3 is 2.23 bits per heavy atom. The third-order valence-electron chi connectivity index (χ3n) is 5.28. The number of hydrogen-bond acceptors (Lipinski definition) is 4. The van der Waals surface area contributed by atoms with E-state index < -0.39 is 0 Å². The Kier molecular flexibility index (Phi) is 7.69. The Morgan fingerprint density at radius 2 is 1.57 bits per heavy atom. The zero-order chi connectivity index (χ0) is 21.5. The molecule has 1 aromatic heterocycles. The summed E-state index contributed by atoms with van der Waals surface area (Å²) >= 11 is 0. The van der Waals surface area contributed by atoms with Crippen LogP contribution < -0.4 is 9.64 Å². The standard InChI is InChI=1S/C26H35N3O/c1-6-15-29(16-7-2)26-20(3)27-25(23-13-8-9-14-24(23)26)21-11-10-12-22(19-21)30-18-17-28(4)5/h8-14,19H,6-7,15-18H2,1-5H3. The van der Waals surface area contributed by atoms with Crippen molar-refractivity contribution < 1.29 is 4.74 Å². The van der Waals surface area contributed by atoms with Crippen LogP contribution in [0.15, 0.2) is 48.5 Å². The molecule has 0 N–H and O–H groups in total. The maximum absolute atomic E-state index is 5.97. The van der Waals surface area contributed by atoms with Crippen LogP contribution in [0.3, 0.4) is 0 Å². The van der Waals surface area contributed by atoms with Gasteiger partial charge in [0.2, 0.25) is 0 Å². The number of benzene rings is 2. The molecule has 0 unspecified atom stereocenters. The van der Waals surface area contributed by atoms with E-state index in [-0.39, 0.29) is 0 Å². The summed E-state index contributed by atoms with van der Waals surface area (Å²) in [5, 5.41) is 2.47. The zero-order valence-corrected chi connectivity index (χ0v) is 19.1. The second-order valence-corrected chi connectivity index (χ2v) is 8.11. The van der Waals surface area contributed by atoms with Crippen molar-refractivity contribution in [1.29, 1.82) is 0 Å². The minimum atomic E-state index is 0.672. The lowest BCUT2D eigenvalue weighted by atomic mass is 10.0. The van der Waals surface area contributed by atoms with Crippen LogP contribution in [0.1, 0.15) is 32.4 Å². The lowest BCUT2D eigenvalue weighted by Gasteiger charge is -2.27. The predicted molar refractivity (Wildman–Crippen MR) is 129 cm³/mol. The van der Waals surface area contributed by atoms with Crippen LogP contribution in [0.5, 0.6) is 5.75 Å². The summed E-state index contributed by atoms with van der Waals surface area (Å²) in [6.45, 7) is 10.3. The lowest BCUT2D eigenvalue weighted by Crippen LogP contribution is -2.26. The van der Waals surface area contributed by atoms with Crippen molar-refractivity contribution in [2.75, 3.05) is 45.2 Å². The van der Waals surface area contributed by atoms with Crippen LogP contribution >= 0.6 is 0 Å². The van der Waals surface area contributed by atoms with Gasteiger partial charge in [-0.05, 0) is 46.0 Å². The Balaban J connectivity index is 2.05. The van der Waals surface area contributed by atoms with Crippen LogP contribution in [0.2, 0.25) is 0 Å². The molecular weight excluding hydrogens is 370 g/mol. The molecule has 0 bridgehead atoms. The first-order valence-corrected chi connectivity index (χ1v) is 11.1. The fourth-order valence-electron chi connectivity index (χ4n) is 3.95. The van der Waals surface area contributed by atoms with Crippen molar-refractivity contribution in [1.82, 2.24) is 9.88 Å². The molecule has 1 heterocycles. The monoisotopic (exact) mass is 405 g/mol. The number of nitrogens with zero attached hydrogens (tertiary/aromatic N) is 3. The van der Waals surface area contributed by atoms with Gasteiger partial charge in [-0.15, -0.1) is 0 Å². The van der Waals surface area contributed by atoms with Gasteiger partial charge in [-0.3, -0.25) is 4.98 Å². The Bertz CT molecular complexity index is 962. The molecule has 0 atom stereocenters. The second-order valence-electron chi connectivity index (χ2n) is 8.11. The first kappa shape index (κ1) is 22.1. The fraction of sp³-hybridized carbons (Fsp3) is 0.423. The molecule has 0 aliphatic rings. The summed E-state index contributed by atoms with van der Waals surface area (Å²) in [6, 6.07) is 17.0. The molecule has 4 heteroatoms. The molecule has 3 rings (SSSR count). The highest BCUT2D eigenvalue weighted by Gasteiger charge is 2.17.